The molecule has 0 saturated heterocycles. The van der Waals surface area contributed by atoms with Crippen molar-refractivity contribution >= 4 is 29.2 Å². The Morgan fingerprint density at radius 3 is 2.42 bits per heavy atom. The highest BCUT2D eigenvalue weighted by Gasteiger charge is 2.28. The minimum Gasteiger partial charge on any atom is -0.465 e. The maximum atomic E-state index is 12.7. The van der Waals surface area contributed by atoms with Gasteiger partial charge in [-0.3, -0.25) is 4.79 Å². The van der Waals surface area contributed by atoms with E-state index >= 15 is 0 Å². The van der Waals surface area contributed by atoms with E-state index in [9.17, 15) is 9.59 Å². The Labute approximate surface area is 146 Å². The Morgan fingerprint density at radius 2 is 1.79 bits per heavy atom. The normalized spacial score (nSPS) is 11.0. The fourth-order valence-corrected chi connectivity index (χ4v) is 2.51. The average Bonchev–Trinajstić information content (AvgIpc) is 2.56. The first-order valence-corrected chi connectivity index (χ1v) is 7.94. The molecule has 0 fully saturated rings. The number of nitrogens with one attached hydrogen (secondary N) is 1. The molecule has 2 aromatic rings. The van der Waals surface area contributed by atoms with E-state index in [0.29, 0.717) is 22.7 Å². The molecule has 2 rings (SSSR count). The van der Waals surface area contributed by atoms with Crippen molar-refractivity contribution < 1.29 is 14.3 Å². The second kappa shape index (κ2) is 7.49. The van der Waals surface area contributed by atoms with Gasteiger partial charge in [-0.05, 0) is 30.2 Å². The van der Waals surface area contributed by atoms with Crippen molar-refractivity contribution in [3.05, 3.63) is 64.7 Å². The molecule has 0 radical (unpaired) electrons. The van der Waals surface area contributed by atoms with Gasteiger partial charge in [0.1, 0.15) is 0 Å². The van der Waals surface area contributed by atoms with Gasteiger partial charge in [0.25, 0.3) is 0 Å². The Balaban J connectivity index is 2.17. The molecule has 5 heteroatoms. The fourth-order valence-electron chi connectivity index (χ4n) is 2.34. The third kappa shape index (κ3) is 4.36. The van der Waals surface area contributed by atoms with Crippen LogP contribution in [0.3, 0.4) is 0 Å². The molecule has 126 valence electrons. The van der Waals surface area contributed by atoms with Gasteiger partial charge in [0.2, 0.25) is 5.91 Å². The second-order valence-electron chi connectivity index (χ2n) is 6.19. The van der Waals surface area contributed by atoms with E-state index in [-0.39, 0.29) is 5.91 Å². The number of carbonyl (C=O) groups excluding carboxylic acids is 2. The molecule has 1 amide bonds. The summed E-state index contributed by atoms with van der Waals surface area (Å²) in [5.74, 6) is -0.652. The van der Waals surface area contributed by atoms with Gasteiger partial charge in [0.05, 0.1) is 23.4 Å². The minimum atomic E-state index is -0.633. The van der Waals surface area contributed by atoms with Crippen LogP contribution in [0.4, 0.5) is 5.69 Å². The summed E-state index contributed by atoms with van der Waals surface area (Å²) < 4.78 is 4.69. The zero-order valence-electron chi connectivity index (χ0n) is 13.9. The number of methoxy groups -OCH3 is 1. The molecule has 0 heterocycles. The predicted octanol–water partition coefficient (Wildman–Crippen LogP) is 4.33. The van der Waals surface area contributed by atoms with Gasteiger partial charge < -0.3 is 10.1 Å². The minimum absolute atomic E-state index is 0.171. The summed E-state index contributed by atoms with van der Waals surface area (Å²) in [5.41, 5.74) is 1.17. The zero-order valence-corrected chi connectivity index (χ0v) is 14.7. The zero-order chi connectivity index (χ0) is 17.7. The lowest BCUT2D eigenvalue weighted by Crippen LogP contribution is -2.32. The summed E-state index contributed by atoms with van der Waals surface area (Å²) in [7, 11) is 1.30. The highest BCUT2D eigenvalue weighted by atomic mass is 35.5. The number of hydrogen-bond donors (Lipinski definition) is 1. The quantitative estimate of drug-likeness (QED) is 0.820. The molecule has 4 nitrogen and oxygen atoms in total. The van der Waals surface area contributed by atoms with Gasteiger partial charge in [-0.25, -0.2) is 4.79 Å². The largest absolute Gasteiger partial charge is 0.465 e. The monoisotopic (exact) mass is 345 g/mol. The van der Waals surface area contributed by atoms with Crippen molar-refractivity contribution in [3.8, 4) is 0 Å². The van der Waals surface area contributed by atoms with E-state index in [2.05, 4.69) is 10.1 Å². The number of hydrogen-bond acceptors (Lipinski definition) is 3. The molecule has 24 heavy (non-hydrogen) atoms. The molecule has 0 aliphatic heterocycles. The molecular formula is C19H20ClNO3. The van der Waals surface area contributed by atoms with E-state index in [1.165, 1.54) is 13.2 Å². The van der Waals surface area contributed by atoms with Crippen LogP contribution < -0.4 is 5.32 Å². The molecule has 0 atom stereocenters. The van der Waals surface area contributed by atoms with Crippen molar-refractivity contribution in [2.75, 3.05) is 12.4 Å². The lowest BCUT2D eigenvalue weighted by Gasteiger charge is -2.24. The van der Waals surface area contributed by atoms with E-state index in [4.69, 9.17) is 11.6 Å². The number of rotatable bonds is 5. The molecule has 0 aromatic heterocycles. The average molecular weight is 346 g/mol. The van der Waals surface area contributed by atoms with Crippen molar-refractivity contribution in [3.63, 3.8) is 0 Å². The first-order chi connectivity index (χ1) is 11.3. The van der Waals surface area contributed by atoms with Crippen LogP contribution in [-0.2, 0) is 16.0 Å². The number of carbonyl (C=O) groups is 2. The number of anilines is 1. The van der Waals surface area contributed by atoms with E-state index in [0.717, 1.165) is 5.56 Å². The molecule has 2 aromatic carbocycles. The van der Waals surface area contributed by atoms with Crippen molar-refractivity contribution in [2.45, 2.75) is 20.3 Å². The van der Waals surface area contributed by atoms with Gasteiger partial charge in [-0.15, -0.1) is 0 Å². The van der Waals surface area contributed by atoms with Crippen LogP contribution in [0.5, 0.6) is 0 Å². The van der Waals surface area contributed by atoms with E-state index in [1.807, 2.05) is 44.2 Å². The number of benzene rings is 2. The molecule has 0 unspecified atom stereocenters. The van der Waals surface area contributed by atoms with Gasteiger partial charge >= 0.3 is 5.97 Å². The van der Waals surface area contributed by atoms with Gasteiger partial charge in [-0.1, -0.05) is 55.8 Å². The van der Waals surface area contributed by atoms with Crippen LogP contribution in [0, 0.1) is 5.41 Å². The number of ether oxygens (including phenoxy) is 1. The lowest BCUT2D eigenvalue weighted by molar-refractivity contribution is -0.123. The second-order valence-corrected chi connectivity index (χ2v) is 6.59. The first kappa shape index (κ1) is 18.0. The standard InChI is InChI=1S/C19H20ClNO3/c1-19(2,12-13-7-5-4-6-8-13)18(23)21-16-11-14(17(22)24-3)9-10-15(16)20/h4-11H,12H2,1-3H3,(H,21,23). The third-order valence-electron chi connectivity index (χ3n) is 3.74. The van der Waals surface area contributed by atoms with E-state index in [1.54, 1.807) is 12.1 Å². The van der Waals surface area contributed by atoms with E-state index < -0.39 is 11.4 Å². The van der Waals surface area contributed by atoms with Gasteiger partial charge in [0, 0.05) is 5.41 Å². The summed E-state index contributed by atoms with van der Waals surface area (Å²) in [6.45, 7) is 3.74. The summed E-state index contributed by atoms with van der Waals surface area (Å²) in [5, 5.41) is 3.18. The van der Waals surface area contributed by atoms with Crippen LogP contribution in [0.25, 0.3) is 0 Å². The highest BCUT2D eigenvalue weighted by Crippen LogP contribution is 2.28. The van der Waals surface area contributed by atoms with Crippen molar-refractivity contribution in [1.82, 2.24) is 0 Å². The highest BCUT2D eigenvalue weighted by molar-refractivity contribution is 6.34. The molecule has 1 N–H and O–H groups in total. The maximum absolute atomic E-state index is 12.7. The lowest BCUT2D eigenvalue weighted by atomic mass is 9.84. The Hall–Kier alpha value is -2.33. The third-order valence-corrected chi connectivity index (χ3v) is 4.07. The molecular weight excluding hydrogens is 326 g/mol. The van der Waals surface area contributed by atoms with Crippen molar-refractivity contribution in [2.24, 2.45) is 5.41 Å². The molecule has 0 saturated carbocycles. The smallest absolute Gasteiger partial charge is 0.337 e. The topological polar surface area (TPSA) is 55.4 Å². The Bertz CT molecular complexity index is 742. The van der Waals surface area contributed by atoms with Crippen LogP contribution >= 0.6 is 11.6 Å². The molecule has 0 spiro atoms. The molecule has 0 aliphatic carbocycles. The van der Waals surface area contributed by atoms with Crippen LogP contribution in [-0.4, -0.2) is 19.0 Å². The number of halogens is 1. The van der Waals surface area contributed by atoms with Gasteiger partial charge in [0.15, 0.2) is 0 Å². The maximum Gasteiger partial charge on any atom is 0.337 e. The summed E-state index contributed by atoms with van der Waals surface area (Å²) in [6.07, 6.45) is 0.591. The van der Waals surface area contributed by atoms with Crippen LogP contribution in [0.2, 0.25) is 5.02 Å². The Kier molecular flexibility index (Phi) is 5.62. The van der Waals surface area contributed by atoms with Gasteiger partial charge in [-0.2, -0.15) is 0 Å². The van der Waals surface area contributed by atoms with Crippen LogP contribution in [0.1, 0.15) is 29.8 Å². The summed E-state index contributed by atoms with van der Waals surface area (Å²) in [4.78, 5) is 24.3. The molecule has 0 bridgehead atoms. The predicted molar refractivity (Wildman–Crippen MR) is 95.3 cm³/mol. The van der Waals surface area contributed by atoms with Crippen LogP contribution in [0.15, 0.2) is 48.5 Å². The molecule has 0 aliphatic rings. The summed E-state index contributed by atoms with van der Waals surface area (Å²) >= 11 is 6.13. The fraction of sp³-hybridized carbons (Fsp3) is 0.263. The SMILES string of the molecule is COC(=O)c1ccc(Cl)c(NC(=O)C(C)(C)Cc2ccccc2)c1. The summed E-state index contributed by atoms with van der Waals surface area (Å²) in [6, 6.07) is 14.4. The Morgan fingerprint density at radius 1 is 1.12 bits per heavy atom. The number of esters is 1. The first-order valence-electron chi connectivity index (χ1n) is 7.57. The number of amides is 1. The van der Waals surface area contributed by atoms with Crippen molar-refractivity contribution in [1.29, 1.82) is 0 Å².